The minimum atomic E-state index is -3.26. The van der Waals surface area contributed by atoms with Crippen molar-refractivity contribution < 1.29 is 17.6 Å². The van der Waals surface area contributed by atoms with Gasteiger partial charge >= 0.3 is 0 Å². The Balaban J connectivity index is 1.36. The maximum atomic E-state index is 12.3. The van der Waals surface area contributed by atoms with Gasteiger partial charge in [0.05, 0.1) is 11.5 Å². The number of sulfone groups is 1. The molecule has 2 aromatic rings. The van der Waals surface area contributed by atoms with Crippen LogP contribution in [-0.4, -0.2) is 37.6 Å². The van der Waals surface area contributed by atoms with Gasteiger partial charge in [0, 0.05) is 19.5 Å². The van der Waals surface area contributed by atoms with Gasteiger partial charge in [-0.2, -0.15) is 0 Å². The molecule has 2 heterocycles. The number of hydrogen-bond donors (Lipinski definition) is 0. The summed E-state index contributed by atoms with van der Waals surface area (Å²) in [5.74, 6) is 0.409. The first-order valence-electron chi connectivity index (χ1n) is 8.60. The van der Waals surface area contributed by atoms with Crippen LogP contribution < -0.4 is 0 Å². The van der Waals surface area contributed by atoms with Gasteiger partial charge in [-0.3, -0.25) is 4.79 Å². The predicted molar refractivity (Wildman–Crippen MR) is 95.7 cm³/mol. The summed E-state index contributed by atoms with van der Waals surface area (Å²) in [5.41, 5.74) is 1.28. The number of benzene rings is 1. The van der Waals surface area contributed by atoms with E-state index in [-0.39, 0.29) is 11.7 Å². The number of amides is 1. The van der Waals surface area contributed by atoms with Gasteiger partial charge < -0.3 is 9.32 Å². The third kappa shape index (κ3) is 4.72. The molecule has 0 aliphatic carbocycles. The molecule has 6 heteroatoms. The number of aryl methyl sites for hydroxylation is 1. The van der Waals surface area contributed by atoms with Crippen LogP contribution in [-0.2, 0) is 26.8 Å². The third-order valence-electron chi connectivity index (χ3n) is 4.58. The monoisotopic (exact) mass is 361 g/mol. The van der Waals surface area contributed by atoms with Crippen molar-refractivity contribution >= 4 is 15.7 Å². The van der Waals surface area contributed by atoms with Gasteiger partial charge in [-0.15, -0.1) is 0 Å². The molecule has 5 nitrogen and oxygen atoms in total. The van der Waals surface area contributed by atoms with Crippen molar-refractivity contribution in [1.29, 1.82) is 0 Å². The lowest BCUT2D eigenvalue weighted by Gasteiger charge is -2.38. The molecule has 1 aromatic heterocycles. The van der Waals surface area contributed by atoms with Crippen LogP contribution in [0.4, 0.5) is 0 Å². The molecule has 1 amide bonds. The Bertz CT molecular complexity index is 778. The average molecular weight is 361 g/mol. The second kappa shape index (κ2) is 7.87. The molecule has 0 bridgehead atoms. The Morgan fingerprint density at radius 2 is 1.84 bits per heavy atom. The summed E-state index contributed by atoms with van der Waals surface area (Å²) in [7, 11) is -3.26. The fourth-order valence-corrected chi connectivity index (χ4v) is 4.60. The lowest BCUT2D eigenvalue weighted by Crippen LogP contribution is -2.57. The summed E-state index contributed by atoms with van der Waals surface area (Å²) in [4.78, 5) is 13.8. The van der Waals surface area contributed by atoms with Crippen LogP contribution in [0.5, 0.6) is 0 Å². The van der Waals surface area contributed by atoms with Crippen LogP contribution in [0.3, 0.4) is 0 Å². The van der Waals surface area contributed by atoms with Crippen molar-refractivity contribution in [3.63, 3.8) is 0 Å². The third-order valence-corrected chi connectivity index (χ3v) is 6.58. The summed E-state index contributed by atoms with van der Waals surface area (Å²) in [6.07, 6.45) is 4.71. The topological polar surface area (TPSA) is 67.6 Å². The first kappa shape index (κ1) is 17.7. The maximum absolute atomic E-state index is 12.3. The van der Waals surface area contributed by atoms with Crippen molar-refractivity contribution in [2.45, 2.75) is 36.7 Å². The summed E-state index contributed by atoms with van der Waals surface area (Å²) < 4.78 is 29.6. The van der Waals surface area contributed by atoms with E-state index >= 15 is 0 Å². The highest BCUT2D eigenvalue weighted by Gasteiger charge is 2.39. The molecular weight excluding hydrogens is 338 g/mol. The number of unbranched alkanes of at least 4 members (excludes halogenated alkanes) is 1. The van der Waals surface area contributed by atoms with Gasteiger partial charge in [-0.1, -0.05) is 30.3 Å². The normalized spacial score (nSPS) is 15.1. The van der Waals surface area contributed by atoms with Crippen LogP contribution >= 0.6 is 0 Å². The van der Waals surface area contributed by atoms with Gasteiger partial charge in [-0.25, -0.2) is 8.42 Å². The number of likely N-dealkylation sites (tertiary alicyclic amines) is 1. The van der Waals surface area contributed by atoms with E-state index in [1.54, 1.807) is 17.0 Å². The van der Waals surface area contributed by atoms with E-state index in [1.807, 2.05) is 18.2 Å². The van der Waals surface area contributed by atoms with Crippen molar-refractivity contribution in [2.75, 3.05) is 13.1 Å². The highest BCUT2D eigenvalue weighted by Crippen LogP contribution is 2.22. The molecule has 1 saturated heterocycles. The van der Waals surface area contributed by atoms with Crippen molar-refractivity contribution in [3.05, 3.63) is 60.1 Å². The van der Waals surface area contributed by atoms with Gasteiger partial charge in [0.25, 0.3) is 0 Å². The molecule has 3 rings (SSSR count). The highest BCUT2D eigenvalue weighted by atomic mass is 32.2. The molecule has 25 heavy (non-hydrogen) atoms. The fourth-order valence-electron chi connectivity index (χ4n) is 2.99. The molecule has 1 aliphatic heterocycles. The zero-order valence-electron chi connectivity index (χ0n) is 14.1. The molecule has 0 N–H and O–H groups in total. The lowest BCUT2D eigenvalue weighted by molar-refractivity contribution is -0.134. The van der Waals surface area contributed by atoms with Crippen molar-refractivity contribution in [1.82, 2.24) is 4.90 Å². The number of carbonyl (C=O) groups excluding carboxylic acids is 1. The second-order valence-corrected chi connectivity index (χ2v) is 8.78. The second-order valence-electron chi connectivity index (χ2n) is 6.50. The molecule has 0 radical (unpaired) electrons. The van der Waals surface area contributed by atoms with E-state index < -0.39 is 15.1 Å². The van der Waals surface area contributed by atoms with Gasteiger partial charge in [0.1, 0.15) is 11.5 Å². The lowest BCUT2D eigenvalue weighted by atomic mass is 10.1. The average Bonchev–Trinajstić information content (AvgIpc) is 3.03. The number of carbonyl (C=O) groups is 1. The summed E-state index contributed by atoms with van der Waals surface area (Å²) in [6, 6.07) is 13.5. The first-order chi connectivity index (χ1) is 12.0. The zero-order valence-corrected chi connectivity index (χ0v) is 15.0. The number of rotatable bonds is 8. The van der Waals surface area contributed by atoms with Crippen LogP contribution in [0, 0.1) is 0 Å². The Hall–Kier alpha value is -2.08. The van der Waals surface area contributed by atoms with E-state index in [2.05, 4.69) is 12.1 Å². The molecule has 1 fully saturated rings. The first-order valence-corrected chi connectivity index (χ1v) is 10.3. The van der Waals surface area contributed by atoms with E-state index in [0.717, 1.165) is 19.3 Å². The van der Waals surface area contributed by atoms with Crippen LogP contribution in [0.25, 0.3) is 0 Å². The van der Waals surface area contributed by atoms with Crippen LogP contribution in [0.15, 0.2) is 53.1 Å². The van der Waals surface area contributed by atoms with E-state index in [4.69, 9.17) is 4.42 Å². The molecule has 1 aromatic carbocycles. The highest BCUT2D eigenvalue weighted by molar-refractivity contribution is 7.91. The minimum absolute atomic E-state index is 0.0533. The molecule has 134 valence electrons. The molecule has 0 saturated carbocycles. The predicted octanol–water partition coefficient (Wildman–Crippen LogP) is 2.82. The van der Waals surface area contributed by atoms with Gasteiger partial charge in [0.2, 0.25) is 5.91 Å². The van der Waals surface area contributed by atoms with Crippen molar-refractivity contribution in [3.8, 4) is 0 Å². The Kier molecular flexibility index (Phi) is 5.58. The number of hydrogen-bond acceptors (Lipinski definition) is 4. The fraction of sp³-hybridized carbons (Fsp3) is 0.421. The molecule has 0 atom stereocenters. The maximum Gasteiger partial charge on any atom is 0.222 e. The molecule has 0 spiro atoms. The standard InChI is InChI=1S/C19H23NO4S/c21-19(11-5-4-9-16-7-2-1-3-8-16)20-13-18(14-20)25(22,23)15-17-10-6-12-24-17/h1-3,6-8,10,12,18H,4-5,9,11,13-15H2. The smallest absolute Gasteiger partial charge is 0.222 e. The van der Waals surface area contributed by atoms with Gasteiger partial charge in [-0.05, 0) is 37.0 Å². The summed E-state index contributed by atoms with van der Waals surface area (Å²) in [6.45, 7) is 0.612. The van der Waals surface area contributed by atoms with E-state index in [9.17, 15) is 13.2 Å². The molecule has 1 aliphatic rings. The minimum Gasteiger partial charge on any atom is -0.468 e. The Labute approximate surface area is 148 Å². The number of furan rings is 1. The Morgan fingerprint density at radius 3 is 2.52 bits per heavy atom. The largest absolute Gasteiger partial charge is 0.468 e. The van der Waals surface area contributed by atoms with Gasteiger partial charge in [0.15, 0.2) is 9.84 Å². The van der Waals surface area contributed by atoms with E-state index in [1.165, 1.54) is 11.8 Å². The van der Waals surface area contributed by atoms with Crippen molar-refractivity contribution in [2.24, 2.45) is 0 Å². The summed E-state index contributed by atoms with van der Waals surface area (Å²) >= 11 is 0. The molecular formula is C19H23NO4S. The summed E-state index contributed by atoms with van der Waals surface area (Å²) in [5, 5.41) is -0.467. The number of nitrogens with zero attached hydrogens (tertiary/aromatic N) is 1. The SMILES string of the molecule is O=C(CCCCc1ccccc1)N1CC(S(=O)(=O)Cc2ccco2)C1. The van der Waals surface area contributed by atoms with Crippen LogP contribution in [0.1, 0.15) is 30.6 Å². The van der Waals surface area contributed by atoms with E-state index in [0.29, 0.717) is 25.3 Å². The molecule has 0 unspecified atom stereocenters. The quantitative estimate of drug-likeness (QED) is 0.678. The zero-order chi connectivity index (χ0) is 17.7. The Morgan fingerprint density at radius 1 is 1.08 bits per heavy atom. The van der Waals surface area contributed by atoms with Crippen LogP contribution in [0.2, 0.25) is 0 Å².